The van der Waals surface area contributed by atoms with Crippen LogP contribution in [0.25, 0.3) is 0 Å². The normalized spacial score (nSPS) is 20.4. The summed E-state index contributed by atoms with van der Waals surface area (Å²) in [7, 11) is 0. The van der Waals surface area contributed by atoms with Crippen molar-refractivity contribution >= 4 is 17.3 Å². The molecule has 1 heterocycles. The molecule has 1 saturated carbocycles. The van der Waals surface area contributed by atoms with Gasteiger partial charge in [-0.2, -0.15) is 0 Å². The highest BCUT2D eigenvalue weighted by Gasteiger charge is 2.26. The lowest BCUT2D eigenvalue weighted by Gasteiger charge is -2.30. The molecule has 5 heteroatoms. The molecule has 0 bridgehead atoms. The lowest BCUT2D eigenvalue weighted by Crippen LogP contribution is -2.48. The van der Waals surface area contributed by atoms with E-state index in [0.29, 0.717) is 6.54 Å². The summed E-state index contributed by atoms with van der Waals surface area (Å²) in [4.78, 5) is 19.9. The summed E-state index contributed by atoms with van der Waals surface area (Å²) >= 11 is 0. The maximum Gasteiger partial charge on any atom is 0.238 e. The number of benzodiazepines with no additional fused rings is 1. The number of fused-ring (bicyclic) bond motifs is 1. The van der Waals surface area contributed by atoms with Gasteiger partial charge in [-0.1, -0.05) is 80.6 Å². The fourth-order valence-electron chi connectivity index (χ4n) is 4.75. The van der Waals surface area contributed by atoms with Crippen LogP contribution in [-0.2, 0) is 4.79 Å². The van der Waals surface area contributed by atoms with Crippen molar-refractivity contribution in [3.63, 3.8) is 0 Å². The molecular formula is C26H34N4O. The predicted octanol–water partition coefficient (Wildman–Crippen LogP) is 4.10. The molecule has 4 rings (SSSR count). The highest BCUT2D eigenvalue weighted by Crippen LogP contribution is 2.30. The van der Waals surface area contributed by atoms with Gasteiger partial charge >= 0.3 is 0 Å². The Bertz CT molecular complexity index is 903. The van der Waals surface area contributed by atoms with E-state index in [2.05, 4.69) is 46.6 Å². The molecule has 1 aliphatic heterocycles. The first kappa shape index (κ1) is 21.6. The lowest BCUT2D eigenvalue weighted by atomic mass is 9.87. The molecule has 1 fully saturated rings. The Kier molecular flexibility index (Phi) is 7.03. The van der Waals surface area contributed by atoms with Crippen molar-refractivity contribution in [2.45, 2.75) is 57.7 Å². The average Bonchev–Trinajstić information content (AvgIpc) is 2.96. The largest absolute Gasteiger partial charge is 0.367 e. The molecule has 0 spiro atoms. The summed E-state index contributed by atoms with van der Waals surface area (Å²) in [6, 6.07) is 18.2. The number of amides is 1. The molecule has 0 aromatic heterocycles. The maximum absolute atomic E-state index is 12.4. The average molecular weight is 419 g/mol. The smallest absolute Gasteiger partial charge is 0.238 e. The molecule has 31 heavy (non-hydrogen) atoms. The summed E-state index contributed by atoms with van der Waals surface area (Å²) in [5.41, 5.74) is 10.1. The van der Waals surface area contributed by atoms with Crippen molar-refractivity contribution in [2.75, 3.05) is 18.0 Å². The molecule has 2 atom stereocenters. The third kappa shape index (κ3) is 5.34. The molecule has 5 nitrogen and oxygen atoms in total. The van der Waals surface area contributed by atoms with Gasteiger partial charge in [0.2, 0.25) is 5.91 Å². The highest BCUT2D eigenvalue weighted by molar-refractivity contribution is 6.16. The van der Waals surface area contributed by atoms with E-state index in [1.54, 1.807) is 6.92 Å². The van der Waals surface area contributed by atoms with E-state index in [9.17, 15) is 4.79 Å². The summed E-state index contributed by atoms with van der Waals surface area (Å²) < 4.78 is 0. The number of anilines is 1. The van der Waals surface area contributed by atoms with E-state index in [-0.39, 0.29) is 12.1 Å². The van der Waals surface area contributed by atoms with Gasteiger partial charge < -0.3 is 16.0 Å². The van der Waals surface area contributed by atoms with Crippen molar-refractivity contribution in [3.8, 4) is 0 Å². The van der Waals surface area contributed by atoms with Gasteiger partial charge in [-0.3, -0.25) is 9.79 Å². The van der Waals surface area contributed by atoms with Crippen LogP contribution >= 0.6 is 0 Å². The molecule has 2 aliphatic rings. The number of rotatable bonds is 6. The number of carbonyl (C=O) groups is 1. The zero-order chi connectivity index (χ0) is 21.6. The van der Waals surface area contributed by atoms with Gasteiger partial charge in [-0.15, -0.1) is 0 Å². The third-order valence-electron chi connectivity index (χ3n) is 6.48. The minimum absolute atomic E-state index is 0.167. The first-order valence-corrected chi connectivity index (χ1v) is 11.7. The van der Waals surface area contributed by atoms with Crippen LogP contribution in [0.3, 0.4) is 0 Å². The Morgan fingerprint density at radius 1 is 1.10 bits per heavy atom. The first-order chi connectivity index (χ1) is 15.1. The van der Waals surface area contributed by atoms with Gasteiger partial charge in [-0.25, -0.2) is 0 Å². The number of benzene rings is 2. The van der Waals surface area contributed by atoms with Crippen LogP contribution in [0.15, 0.2) is 59.6 Å². The second-order valence-corrected chi connectivity index (χ2v) is 8.91. The fourth-order valence-corrected chi connectivity index (χ4v) is 4.75. The summed E-state index contributed by atoms with van der Waals surface area (Å²) in [6.45, 7) is 3.34. The Balaban J connectivity index is 1.66. The fraction of sp³-hybridized carbons (Fsp3) is 0.462. The van der Waals surface area contributed by atoms with E-state index in [1.807, 2.05) is 18.2 Å². The van der Waals surface area contributed by atoms with Crippen LogP contribution in [0.4, 0.5) is 5.69 Å². The van der Waals surface area contributed by atoms with Crippen LogP contribution < -0.4 is 16.0 Å². The minimum Gasteiger partial charge on any atom is -0.367 e. The van der Waals surface area contributed by atoms with Gasteiger partial charge in [0, 0.05) is 23.4 Å². The molecule has 1 amide bonds. The number of hydrogen-bond acceptors (Lipinski definition) is 4. The summed E-state index contributed by atoms with van der Waals surface area (Å²) in [5.74, 6) is 0.634. The Labute approximate surface area is 185 Å². The predicted molar refractivity (Wildman–Crippen MR) is 128 cm³/mol. The summed E-state index contributed by atoms with van der Waals surface area (Å²) in [6.07, 6.45) is 7.61. The van der Waals surface area contributed by atoms with Crippen molar-refractivity contribution in [3.05, 3.63) is 65.7 Å². The van der Waals surface area contributed by atoms with Crippen molar-refractivity contribution in [1.29, 1.82) is 0 Å². The molecule has 0 saturated heterocycles. The van der Waals surface area contributed by atoms with Crippen LogP contribution in [0.2, 0.25) is 0 Å². The Morgan fingerprint density at radius 3 is 2.55 bits per heavy atom. The van der Waals surface area contributed by atoms with Crippen molar-refractivity contribution < 1.29 is 4.79 Å². The second-order valence-electron chi connectivity index (χ2n) is 8.91. The zero-order valence-corrected chi connectivity index (χ0v) is 18.5. The molecular weight excluding hydrogens is 384 g/mol. The zero-order valence-electron chi connectivity index (χ0n) is 18.5. The third-order valence-corrected chi connectivity index (χ3v) is 6.48. The minimum atomic E-state index is -0.559. The van der Waals surface area contributed by atoms with Crippen molar-refractivity contribution in [1.82, 2.24) is 5.32 Å². The molecule has 2 aromatic rings. The van der Waals surface area contributed by atoms with Crippen LogP contribution in [0.1, 0.15) is 56.6 Å². The van der Waals surface area contributed by atoms with Gasteiger partial charge in [-0.05, 0) is 25.3 Å². The van der Waals surface area contributed by atoms with Crippen LogP contribution in [-0.4, -0.2) is 36.9 Å². The van der Waals surface area contributed by atoms with Crippen LogP contribution in [0.5, 0.6) is 0 Å². The number of hydrogen-bond donors (Lipinski definition) is 2. The van der Waals surface area contributed by atoms with Crippen molar-refractivity contribution in [2.24, 2.45) is 16.6 Å². The first-order valence-electron chi connectivity index (χ1n) is 11.7. The van der Waals surface area contributed by atoms with Crippen LogP contribution in [0, 0.1) is 5.92 Å². The standard InChI is InChI=1S/C26H34N4O/c1-19(27)26(31)29-24-18-30(17-16-20-10-4-2-5-11-20)23-15-9-8-14-22(23)25(28-24)21-12-6-3-7-13-21/h3,6-9,12-15,19-20,24H,2,4-5,10-11,16-18,27H2,1H3,(H,29,31)/t19-,24?/m0/s1. The van der Waals surface area contributed by atoms with Gasteiger partial charge in [0.15, 0.2) is 0 Å². The molecule has 1 unspecified atom stereocenters. The molecule has 3 N–H and O–H groups in total. The number of carbonyl (C=O) groups excluding carboxylic acids is 1. The second kappa shape index (κ2) is 10.1. The molecule has 2 aromatic carbocycles. The highest BCUT2D eigenvalue weighted by atomic mass is 16.2. The van der Waals surface area contributed by atoms with Gasteiger partial charge in [0.05, 0.1) is 18.3 Å². The maximum atomic E-state index is 12.4. The van der Waals surface area contributed by atoms with E-state index in [0.717, 1.165) is 29.3 Å². The van der Waals surface area contributed by atoms with E-state index in [4.69, 9.17) is 10.7 Å². The summed E-state index contributed by atoms with van der Waals surface area (Å²) in [5, 5.41) is 3.07. The topological polar surface area (TPSA) is 70.7 Å². The van der Waals surface area contributed by atoms with E-state index >= 15 is 0 Å². The van der Waals surface area contributed by atoms with Gasteiger partial charge in [0.1, 0.15) is 6.17 Å². The van der Waals surface area contributed by atoms with E-state index in [1.165, 1.54) is 44.2 Å². The molecule has 164 valence electrons. The number of aliphatic imine (C=N–C) groups is 1. The number of nitrogens with one attached hydrogen (secondary N) is 1. The molecule has 0 radical (unpaired) electrons. The quantitative estimate of drug-likeness (QED) is 0.742. The monoisotopic (exact) mass is 418 g/mol. The Hall–Kier alpha value is -2.66. The van der Waals surface area contributed by atoms with E-state index < -0.39 is 6.04 Å². The lowest BCUT2D eigenvalue weighted by molar-refractivity contribution is -0.122. The Morgan fingerprint density at radius 2 is 1.81 bits per heavy atom. The SMILES string of the molecule is C[C@H](N)C(=O)NC1CN(CCC2CCCCC2)c2ccccc2C(c2ccccc2)=N1. The van der Waals surface area contributed by atoms with Gasteiger partial charge in [0.25, 0.3) is 0 Å². The molecule has 1 aliphatic carbocycles. The number of nitrogens with two attached hydrogens (primary N) is 1. The number of nitrogens with zero attached hydrogens (tertiary/aromatic N) is 2. The number of para-hydroxylation sites is 1.